The first-order valence-electron chi connectivity index (χ1n) is 7.55. The molecule has 23 heavy (non-hydrogen) atoms. The number of benzene rings is 2. The van der Waals surface area contributed by atoms with E-state index in [-0.39, 0.29) is 0 Å². The molecular weight excluding hydrogens is 296 g/mol. The van der Waals surface area contributed by atoms with Crippen LogP contribution in [0.15, 0.2) is 48.5 Å². The lowest BCUT2D eigenvalue weighted by molar-refractivity contribution is -0.600. The minimum absolute atomic E-state index is 0.476. The van der Waals surface area contributed by atoms with E-state index in [0.717, 1.165) is 16.9 Å². The maximum atomic E-state index is 5.31. The Morgan fingerprint density at radius 2 is 1.17 bits per heavy atom. The quantitative estimate of drug-likeness (QED) is 0.781. The minimum Gasteiger partial charge on any atom is -0.497 e. The molecule has 1 aliphatic heterocycles. The van der Waals surface area contributed by atoms with Gasteiger partial charge >= 0.3 is 0 Å². The highest BCUT2D eigenvalue weighted by molar-refractivity contribution is 5.28. The summed E-state index contributed by atoms with van der Waals surface area (Å²) in [5.41, 5.74) is 2.87. The van der Waals surface area contributed by atoms with Gasteiger partial charge in [0.1, 0.15) is 5.75 Å². The summed E-state index contributed by atoms with van der Waals surface area (Å²) >= 11 is 0. The zero-order valence-electron chi connectivity index (χ0n) is 13.4. The maximum absolute atomic E-state index is 5.31. The van der Waals surface area contributed by atoms with Crippen molar-refractivity contribution in [3.63, 3.8) is 0 Å². The van der Waals surface area contributed by atoms with Crippen molar-refractivity contribution in [2.24, 2.45) is 0 Å². The van der Waals surface area contributed by atoms with Crippen LogP contribution in [0.5, 0.6) is 5.75 Å². The third kappa shape index (κ3) is 3.71. The number of rotatable bonds is 4. The molecule has 1 saturated heterocycles. The van der Waals surface area contributed by atoms with Crippen LogP contribution in [0, 0.1) is 0 Å². The zero-order chi connectivity index (χ0) is 16.2. The highest BCUT2D eigenvalue weighted by atomic mass is 17.4. The van der Waals surface area contributed by atoms with E-state index in [4.69, 9.17) is 24.3 Å². The molecule has 5 nitrogen and oxygen atoms in total. The Kier molecular flexibility index (Phi) is 4.93. The maximum Gasteiger partial charge on any atom is 0.249 e. The van der Waals surface area contributed by atoms with Gasteiger partial charge in [-0.25, -0.2) is 0 Å². The second kappa shape index (κ2) is 7.10. The van der Waals surface area contributed by atoms with Gasteiger partial charge in [0.15, 0.2) is 0 Å². The fourth-order valence-corrected chi connectivity index (χ4v) is 2.26. The highest BCUT2D eigenvalue weighted by Gasteiger charge is 2.28. The minimum atomic E-state index is -0.730. The summed E-state index contributed by atoms with van der Waals surface area (Å²) < 4.78 is 5.11. The van der Waals surface area contributed by atoms with E-state index in [1.165, 1.54) is 5.56 Å². The highest BCUT2D eigenvalue weighted by Crippen LogP contribution is 2.33. The van der Waals surface area contributed by atoms with Crippen molar-refractivity contribution in [2.45, 2.75) is 32.3 Å². The van der Waals surface area contributed by atoms with E-state index in [9.17, 15) is 0 Å². The fraction of sp³-hybridized carbons (Fsp3) is 0.333. The standard InChI is InChI=1S/C18H20O5/c1-12(2)13-4-6-14(7-5-13)17-20-22-18(23-21-17)15-8-10-16(19-3)11-9-15/h4-12,17-18H,1-3H3. The van der Waals surface area contributed by atoms with Gasteiger partial charge < -0.3 is 4.74 Å². The van der Waals surface area contributed by atoms with Crippen LogP contribution in [0.1, 0.15) is 49.0 Å². The number of hydrogen-bond donors (Lipinski definition) is 0. The van der Waals surface area contributed by atoms with Gasteiger partial charge in [-0.05, 0) is 23.6 Å². The van der Waals surface area contributed by atoms with E-state index in [0.29, 0.717) is 5.92 Å². The molecule has 0 unspecified atom stereocenters. The van der Waals surface area contributed by atoms with Crippen LogP contribution in [0.2, 0.25) is 0 Å². The molecule has 3 rings (SSSR count). The molecule has 2 aromatic carbocycles. The predicted molar refractivity (Wildman–Crippen MR) is 83.3 cm³/mol. The van der Waals surface area contributed by atoms with Gasteiger partial charge in [0.05, 0.1) is 7.11 Å². The Labute approximate surface area is 135 Å². The van der Waals surface area contributed by atoms with E-state index >= 15 is 0 Å². The number of methoxy groups -OCH3 is 1. The third-order valence-electron chi connectivity index (χ3n) is 3.72. The molecular formula is C18H20O5. The molecule has 0 aromatic heterocycles. The third-order valence-corrected chi connectivity index (χ3v) is 3.72. The number of hydrogen-bond acceptors (Lipinski definition) is 5. The topological polar surface area (TPSA) is 46.2 Å². The first-order valence-corrected chi connectivity index (χ1v) is 7.55. The van der Waals surface area contributed by atoms with Crippen LogP contribution < -0.4 is 4.74 Å². The van der Waals surface area contributed by atoms with Gasteiger partial charge in [-0.3, -0.25) is 0 Å². The molecule has 0 N–H and O–H groups in total. The molecule has 0 amide bonds. The van der Waals surface area contributed by atoms with Crippen molar-refractivity contribution >= 4 is 0 Å². The summed E-state index contributed by atoms with van der Waals surface area (Å²) in [5.74, 6) is 1.23. The lowest BCUT2D eigenvalue weighted by Crippen LogP contribution is -2.22. The Bertz CT molecular complexity index is 613. The summed E-state index contributed by atoms with van der Waals surface area (Å²) in [4.78, 5) is 21.2. The lowest BCUT2D eigenvalue weighted by Gasteiger charge is -2.27. The molecule has 5 heteroatoms. The van der Waals surface area contributed by atoms with Crippen molar-refractivity contribution < 1.29 is 24.3 Å². The largest absolute Gasteiger partial charge is 0.497 e. The zero-order valence-corrected chi connectivity index (χ0v) is 13.4. The molecule has 0 spiro atoms. The molecule has 0 atom stereocenters. The Morgan fingerprint density at radius 3 is 1.57 bits per heavy atom. The van der Waals surface area contributed by atoms with Crippen LogP contribution in [0.25, 0.3) is 0 Å². The normalized spacial score (nSPS) is 21.4. The molecule has 0 aliphatic carbocycles. The summed E-state index contributed by atoms with van der Waals surface area (Å²) in [6, 6.07) is 15.3. The van der Waals surface area contributed by atoms with Crippen molar-refractivity contribution in [3.8, 4) is 5.75 Å². The molecule has 1 heterocycles. The molecule has 1 aliphatic rings. The Hall–Kier alpha value is -1.92. The summed E-state index contributed by atoms with van der Waals surface area (Å²) in [7, 11) is 1.62. The SMILES string of the molecule is COc1ccc(C2OOC(c3ccc(C(C)C)cc3)OO2)cc1. The number of ether oxygens (including phenoxy) is 1. The molecule has 1 fully saturated rings. The van der Waals surface area contributed by atoms with E-state index in [1.807, 2.05) is 48.5 Å². The predicted octanol–water partition coefficient (Wildman–Crippen LogP) is 4.43. The average molecular weight is 316 g/mol. The van der Waals surface area contributed by atoms with Crippen molar-refractivity contribution in [2.75, 3.05) is 7.11 Å². The smallest absolute Gasteiger partial charge is 0.249 e. The van der Waals surface area contributed by atoms with Crippen LogP contribution in [-0.2, 0) is 19.6 Å². The van der Waals surface area contributed by atoms with E-state index < -0.39 is 12.6 Å². The van der Waals surface area contributed by atoms with Crippen molar-refractivity contribution in [3.05, 3.63) is 65.2 Å². The molecule has 122 valence electrons. The van der Waals surface area contributed by atoms with Crippen LogP contribution in [-0.4, -0.2) is 7.11 Å². The van der Waals surface area contributed by atoms with Gasteiger partial charge in [0.25, 0.3) is 0 Å². The first-order chi connectivity index (χ1) is 11.2. The van der Waals surface area contributed by atoms with Gasteiger partial charge in [0, 0.05) is 11.1 Å². The van der Waals surface area contributed by atoms with Crippen molar-refractivity contribution in [1.29, 1.82) is 0 Å². The van der Waals surface area contributed by atoms with Crippen LogP contribution in [0.4, 0.5) is 0 Å². The van der Waals surface area contributed by atoms with E-state index in [1.54, 1.807) is 7.11 Å². The average Bonchev–Trinajstić information content (AvgIpc) is 2.62. The summed E-state index contributed by atoms with van der Waals surface area (Å²) in [6.45, 7) is 4.29. The molecule has 2 aromatic rings. The monoisotopic (exact) mass is 316 g/mol. The Morgan fingerprint density at radius 1 is 0.739 bits per heavy atom. The molecule has 0 bridgehead atoms. The van der Waals surface area contributed by atoms with Gasteiger partial charge in [-0.15, -0.1) is 0 Å². The molecule has 0 radical (unpaired) electrons. The van der Waals surface area contributed by atoms with Crippen molar-refractivity contribution in [1.82, 2.24) is 0 Å². The van der Waals surface area contributed by atoms with Gasteiger partial charge in [-0.2, -0.15) is 19.6 Å². The summed E-state index contributed by atoms with van der Waals surface area (Å²) in [5, 5.41) is 0. The molecule has 0 saturated carbocycles. The van der Waals surface area contributed by atoms with Gasteiger partial charge in [0.2, 0.25) is 12.6 Å². The van der Waals surface area contributed by atoms with Gasteiger partial charge in [-0.1, -0.05) is 50.2 Å². The van der Waals surface area contributed by atoms with E-state index in [2.05, 4.69) is 13.8 Å². The second-order valence-corrected chi connectivity index (χ2v) is 5.64. The lowest BCUT2D eigenvalue weighted by atomic mass is 10.0. The van der Waals surface area contributed by atoms with Crippen LogP contribution in [0.3, 0.4) is 0 Å². The second-order valence-electron chi connectivity index (χ2n) is 5.64. The first kappa shape index (κ1) is 16.0. The van der Waals surface area contributed by atoms with Crippen LogP contribution >= 0.6 is 0 Å². The Balaban J connectivity index is 1.61. The summed E-state index contributed by atoms with van der Waals surface area (Å²) in [6.07, 6.45) is -1.43. The fourth-order valence-electron chi connectivity index (χ4n) is 2.26.